The number of nitro benzene ring substituents is 1. The van der Waals surface area contributed by atoms with Crippen LogP contribution in [0, 0.1) is 15.9 Å². The van der Waals surface area contributed by atoms with Gasteiger partial charge >= 0.3 is 11.7 Å². The van der Waals surface area contributed by atoms with Crippen LogP contribution in [0.4, 0.5) is 10.1 Å². The molecule has 0 saturated heterocycles. The van der Waals surface area contributed by atoms with Crippen molar-refractivity contribution in [2.75, 3.05) is 0 Å². The van der Waals surface area contributed by atoms with Gasteiger partial charge in [0, 0.05) is 17.7 Å². The summed E-state index contributed by atoms with van der Waals surface area (Å²) in [4.78, 5) is 20.9. The smallest absolute Gasteiger partial charge is 0.349 e. The summed E-state index contributed by atoms with van der Waals surface area (Å²) in [6, 6.07) is 11.0. The number of hydrogen-bond donors (Lipinski definition) is 1. The lowest BCUT2D eigenvalue weighted by Gasteiger charge is -2.15. The van der Waals surface area contributed by atoms with Crippen LogP contribution in [0.5, 0.6) is 5.75 Å². The molecule has 0 saturated carbocycles. The Hall–Kier alpha value is -2.96. The first-order valence-electron chi connectivity index (χ1n) is 5.87. The summed E-state index contributed by atoms with van der Waals surface area (Å²) in [7, 11) is 0. The molecule has 0 aromatic heterocycles. The van der Waals surface area contributed by atoms with Gasteiger partial charge in [-0.05, 0) is 6.07 Å². The van der Waals surface area contributed by atoms with E-state index in [0.29, 0.717) is 5.56 Å². The fraction of sp³-hybridized carbons (Fsp3) is 0.0714. The van der Waals surface area contributed by atoms with Gasteiger partial charge in [0.15, 0.2) is 0 Å². The van der Waals surface area contributed by atoms with Gasteiger partial charge in [0.05, 0.1) is 4.92 Å². The van der Waals surface area contributed by atoms with Crippen LogP contribution in [0.15, 0.2) is 48.5 Å². The maximum absolute atomic E-state index is 13.5. The Morgan fingerprint density at radius 2 is 1.90 bits per heavy atom. The Kier molecular flexibility index (Phi) is 4.13. The molecule has 7 heteroatoms. The Bertz CT molecular complexity index is 674. The van der Waals surface area contributed by atoms with E-state index >= 15 is 0 Å². The Morgan fingerprint density at radius 3 is 2.43 bits per heavy atom. The molecule has 0 aliphatic carbocycles. The summed E-state index contributed by atoms with van der Waals surface area (Å²) in [5.74, 6) is -2.44. The summed E-state index contributed by atoms with van der Waals surface area (Å²) in [6.45, 7) is 0. The quantitative estimate of drug-likeness (QED) is 0.675. The van der Waals surface area contributed by atoms with E-state index in [4.69, 9.17) is 4.74 Å². The number of benzene rings is 2. The molecule has 0 spiro atoms. The zero-order valence-electron chi connectivity index (χ0n) is 10.6. The predicted molar refractivity (Wildman–Crippen MR) is 70.5 cm³/mol. The van der Waals surface area contributed by atoms with Crippen molar-refractivity contribution >= 4 is 11.7 Å². The number of nitrogens with zero attached hydrogens (tertiary/aromatic N) is 1. The average molecular weight is 291 g/mol. The molecule has 0 aliphatic rings. The van der Waals surface area contributed by atoms with Crippen molar-refractivity contribution in [3.63, 3.8) is 0 Å². The maximum Gasteiger partial charge on any atom is 0.349 e. The van der Waals surface area contributed by atoms with E-state index in [0.717, 1.165) is 18.2 Å². The van der Waals surface area contributed by atoms with Gasteiger partial charge in [0.2, 0.25) is 11.9 Å². The van der Waals surface area contributed by atoms with Crippen LogP contribution < -0.4 is 4.74 Å². The molecule has 2 aromatic carbocycles. The standard InChI is InChI=1S/C14H10FNO5/c15-11-8-10(6-7-12(11)16(19)20)21-13(14(17)18)9-4-2-1-3-5-9/h1-8,13H,(H,17,18). The molecule has 0 aliphatic heterocycles. The molecule has 0 heterocycles. The molecule has 2 aromatic rings. The third-order valence-corrected chi connectivity index (χ3v) is 2.70. The number of aliphatic carboxylic acids is 1. The number of ether oxygens (including phenoxy) is 1. The molecule has 1 N–H and O–H groups in total. The molecule has 0 fully saturated rings. The van der Waals surface area contributed by atoms with E-state index in [1.807, 2.05) is 0 Å². The highest BCUT2D eigenvalue weighted by Gasteiger charge is 2.23. The van der Waals surface area contributed by atoms with Gasteiger partial charge in [0.1, 0.15) is 5.75 Å². The molecule has 21 heavy (non-hydrogen) atoms. The first-order chi connectivity index (χ1) is 9.99. The normalized spacial score (nSPS) is 11.7. The Morgan fingerprint density at radius 1 is 1.24 bits per heavy atom. The van der Waals surface area contributed by atoms with Crippen LogP contribution in [-0.2, 0) is 4.79 Å². The monoisotopic (exact) mass is 291 g/mol. The van der Waals surface area contributed by atoms with Crippen molar-refractivity contribution in [3.8, 4) is 5.75 Å². The van der Waals surface area contributed by atoms with Crippen molar-refractivity contribution in [1.29, 1.82) is 0 Å². The minimum atomic E-state index is -1.33. The minimum absolute atomic E-state index is 0.102. The maximum atomic E-state index is 13.5. The van der Waals surface area contributed by atoms with Gasteiger partial charge in [-0.15, -0.1) is 0 Å². The lowest BCUT2D eigenvalue weighted by atomic mass is 10.1. The van der Waals surface area contributed by atoms with Crippen molar-refractivity contribution in [2.24, 2.45) is 0 Å². The number of carboxylic acid groups (broad SMARTS) is 1. The largest absolute Gasteiger partial charge is 0.478 e. The van der Waals surface area contributed by atoms with Crippen LogP contribution >= 0.6 is 0 Å². The highest BCUT2D eigenvalue weighted by molar-refractivity contribution is 5.74. The van der Waals surface area contributed by atoms with Gasteiger partial charge < -0.3 is 9.84 Å². The molecule has 0 bridgehead atoms. The summed E-state index contributed by atoms with van der Waals surface area (Å²) >= 11 is 0. The van der Waals surface area contributed by atoms with Gasteiger partial charge in [-0.2, -0.15) is 4.39 Å². The first-order valence-corrected chi connectivity index (χ1v) is 5.87. The predicted octanol–water partition coefficient (Wildman–Crippen LogP) is 2.94. The molecule has 1 unspecified atom stereocenters. The van der Waals surface area contributed by atoms with E-state index in [1.165, 1.54) is 0 Å². The molecule has 1 atom stereocenters. The number of rotatable bonds is 5. The molecule has 108 valence electrons. The summed E-state index contributed by atoms with van der Waals surface area (Å²) in [5.41, 5.74) is -0.322. The third kappa shape index (κ3) is 3.33. The first kappa shape index (κ1) is 14.4. The lowest BCUT2D eigenvalue weighted by molar-refractivity contribution is -0.387. The van der Waals surface area contributed by atoms with Gasteiger partial charge in [-0.25, -0.2) is 4.79 Å². The van der Waals surface area contributed by atoms with Gasteiger partial charge in [0.25, 0.3) is 0 Å². The Labute approximate surface area is 118 Å². The van der Waals surface area contributed by atoms with Gasteiger partial charge in [-0.1, -0.05) is 30.3 Å². The van der Waals surface area contributed by atoms with Crippen molar-refractivity contribution in [2.45, 2.75) is 6.10 Å². The zero-order chi connectivity index (χ0) is 15.4. The summed E-state index contributed by atoms with van der Waals surface area (Å²) in [5, 5.41) is 19.7. The third-order valence-electron chi connectivity index (χ3n) is 2.70. The molecule has 6 nitrogen and oxygen atoms in total. The zero-order valence-corrected chi connectivity index (χ0v) is 10.6. The summed E-state index contributed by atoms with van der Waals surface area (Å²) < 4.78 is 18.7. The van der Waals surface area contributed by atoms with Gasteiger partial charge in [-0.3, -0.25) is 10.1 Å². The molecular formula is C14H10FNO5. The Balaban J connectivity index is 2.28. The van der Waals surface area contributed by atoms with E-state index < -0.39 is 28.5 Å². The summed E-state index contributed by atoms with van der Waals surface area (Å²) in [6.07, 6.45) is -1.33. The number of hydrogen-bond acceptors (Lipinski definition) is 4. The van der Waals surface area contributed by atoms with E-state index in [2.05, 4.69) is 0 Å². The topological polar surface area (TPSA) is 89.7 Å². The number of nitro groups is 1. The minimum Gasteiger partial charge on any atom is -0.478 e. The number of carbonyl (C=O) groups is 1. The fourth-order valence-electron chi connectivity index (χ4n) is 1.73. The van der Waals surface area contributed by atoms with Crippen LogP contribution in [0.25, 0.3) is 0 Å². The van der Waals surface area contributed by atoms with Crippen molar-refractivity contribution < 1.29 is 24.0 Å². The SMILES string of the molecule is O=C(O)C(Oc1ccc([N+](=O)[O-])c(F)c1)c1ccccc1. The average Bonchev–Trinajstić information content (AvgIpc) is 2.45. The van der Waals surface area contributed by atoms with Crippen LogP contribution in [0.2, 0.25) is 0 Å². The highest BCUT2D eigenvalue weighted by Crippen LogP contribution is 2.26. The second-order valence-electron chi connectivity index (χ2n) is 4.12. The molecule has 2 rings (SSSR count). The fourth-order valence-corrected chi connectivity index (χ4v) is 1.73. The lowest BCUT2D eigenvalue weighted by Crippen LogP contribution is -2.18. The molecular weight excluding hydrogens is 281 g/mol. The highest BCUT2D eigenvalue weighted by atomic mass is 19.1. The molecule has 0 radical (unpaired) electrons. The number of carboxylic acids is 1. The van der Waals surface area contributed by atoms with Crippen molar-refractivity contribution in [3.05, 3.63) is 70.0 Å². The second-order valence-corrected chi connectivity index (χ2v) is 4.12. The number of halogens is 1. The van der Waals surface area contributed by atoms with Crippen LogP contribution in [0.3, 0.4) is 0 Å². The van der Waals surface area contributed by atoms with Crippen LogP contribution in [0.1, 0.15) is 11.7 Å². The second kappa shape index (κ2) is 6.00. The van der Waals surface area contributed by atoms with E-state index in [-0.39, 0.29) is 5.75 Å². The molecule has 0 amide bonds. The van der Waals surface area contributed by atoms with E-state index in [1.54, 1.807) is 30.3 Å². The van der Waals surface area contributed by atoms with Crippen molar-refractivity contribution in [1.82, 2.24) is 0 Å². The van der Waals surface area contributed by atoms with Crippen LogP contribution in [-0.4, -0.2) is 16.0 Å². The van der Waals surface area contributed by atoms with E-state index in [9.17, 15) is 24.4 Å².